The topological polar surface area (TPSA) is 620 Å². The minimum atomic E-state index is -4.01. The molecule has 808 valence electrons. The average Bonchev–Trinajstić information content (AvgIpc) is 1.63. The van der Waals surface area contributed by atoms with Gasteiger partial charge in [0.2, 0.25) is 0 Å². The molecule has 0 spiro atoms. The van der Waals surface area contributed by atoms with E-state index in [2.05, 4.69) is 84.9 Å². The minimum Gasteiger partial charge on any atom is -0.466 e. The van der Waals surface area contributed by atoms with Crippen LogP contribution in [0.1, 0.15) is 56.1 Å². The highest BCUT2D eigenvalue weighted by molar-refractivity contribution is 9.10. The van der Waals surface area contributed by atoms with Crippen molar-refractivity contribution in [2.75, 3.05) is 38.3 Å². The second-order valence-electron chi connectivity index (χ2n) is 30.3. The monoisotopic (exact) mass is 2580 g/mol. The van der Waals surface area contributed by atoms with Crippen LogP contribution < -0.4 is 4.90 Å². The van der Waals surface area contributed by atoms with E-state index in [4.69, 9.17) is 122 Å². The number of allylic oxidation sites excluding steroid dienone is 3. The molecule has 8 aromatic carbocycles. The molecule has 1 unspecified atom stereocenters. The first-order chi connectivity index (χ1) is 68.4. The van der Waals surface area contributed by atoms with E-state index in [1.807, 2.05) is 30.3 Å². The number of benzene rings is 8. The maximum Gasteiger partial charge on any atom is 0.334 e. The van der Waals surface area contributed by atoms with Gasteiger partial charge in [-0.25, -0.2) is 106 Å². The molecule has 42 nitrogen and oxygen atoms in total. The molecule has 0 bridgehead atoms. The predicted octanol–water partition coefficient (Wildman–Crippen LogP) is 19.3. The Morgan fingerprint density at radius 3 is 1.37 bits per heavy atom. The first kappa shape index (κ1) is 129. The van der Waals surface area contributed by atoms with Crippen molar-refractivity contribution in [2.45, 2.75) is 110 Å². The van der Waals surface area contributed by atoms with Gasteiger partial charge in [0.1, 0.15) is 46.8 Å². The van der Waals surface area contributed by atoms with Gasteiger partial charge in [0.25, 0.3) is 111 Å². The number of nitro benzene ring substituents is 2. The summed E-state index contributed by atoms with van der Waals surface area (Å²) in [6.45, 7) is 17.3. The standard InChI is InChI=1S/C10H9ClN2O2S.C10H12ClNO3S.C10H13ClO2S.2C8H5ClN2O4S.C8H9ClO4S.C6H4BrClO2S.C6H4ClFO2S.C6H3ClN2O2S2.C6H9ClN2O2S.C4H4ClNO3S/c1-8-10(16(11,14)15)7-12-13(8)9-5-3-2-4-6-9;11-16(13,14)10-3-1-9(2-4-10)12-5-7-15-8-6-12;1-10(2,3)8-4-6-9(7-5-8)14(11,12)13;9-16(14,15)7-4-10-5-2-1-3-6(8(5)7)11(12)13;9-16(14,15)7-4-10-8-5(7)2-1-3-6(8)11(12)13;1-5-6(8(10)13-2)3-4-7(5)14(9,11)12;7-5-1-3-6(4-2-5)11(8,9)10;7-11(9,10)6-3-1-5(8)2-4-6;7-13(10,11)4-1-2-5-6(3-4)9-12-8-5;1-4-6(12(7,10)11)5(2)9(3)8-4;1-3-4(2-6-9-3)10(5,7)8/h2-7H,1H3;1-4H,5-8H2;4-7H,1-3H3;2*1-4,10H;3-5H,1-2H3;2*1-4H;1-3H;1-3H3;2H,1H3. The number of nitrogens with one attached hydrogen (secondary N) is 2. The van der Waals surface area contributed by atoms with E-state index in [-0.39, 0.29) is 92.7 Å². The number of carbonyl (C=O) groups excluding carboxylic acids is 1. The van der Waals surface area contributed by atoms with Crippen molar-refractivity contribution in [3.8, 4) is 5.69 Å². The largest absolute Gasteiger partial charge is 0.466 e. The SMILES string of the molecule is CC(C)(C)c1ccc(S(=O)(=O)Cl)cc1.COC(=O)C1=CC=C(S(=O)(=O)Cl)C1C.Cc1c(S(=O)(=O)Cl)cnn1-c1ccccc1.Cc1nn(C)c(C)c1S(=O)(=O)Cl.Cc1oncc1S(=O)(=O)Cl.O=S(=O)(Cl)c1ccc(Br)cc1.O=S(=O)(Cl)c1ccc(F)cc1.O=S(=O)(Cl)c1ccc(N2CCOCC2)cc1.O=S(=O)(Cl)c1ccc2nsnc2c1.O=[N+]([O-])c1cccc2[nH]cc(S(=O)(=O)Cl)c12.O=[N+]([O-])c1cccc2c(S(=O)(=O)Cl)c[nH]c12. The summed E-state index contributed by atoms with van der Waals surface area (Å²) in [5.74, 6) is -1.36. The second-order valence-corrected chi connectivity index (χ2v) is 59.8. The maximum atomic E-state index is 12.2. The van der Waals surface area contributed by atoms with Crippen molar-refractivity contribution < 1.29 is 126 Å². The molecule has 1 atom stereocenters. The van der Waals surface area contributed by atoms with Crippen molar-refractivity contribution in [1.82, 2.24) is 43.4 Å². The molecule has 7 heterocycles. The van der Waals surface area contributed by atoms with Crippen LogP contribution in [0, 0.1) is 59.7 Å². The number of fused-ring (bicyclic) bond motifs is 3. The van der Waals surface area contributed by atoms with Crippen LogP contribution >= 0.6 is 145 Å². The molecule has 67 heteroatoms. The van der Waals surface area contributed by atoms with Crippen molar-refractivity contribution in [1.29, 1.82) is 0 Å². The van der Waals surface area contributed by atoms with Gasteiger partial charge in [-0.2, -0.15) is 18.9 Å². The molecule has 0 amide bonds. The predicted molar refractivity (Wildman–Crippen MR) is 567 cm³/mol. The number of aromatic amines is 2. The summed E-state index contributed by atoms with van der Waals surface area (Å²) in [5.41, 5.74) is 5.93. The molecule has 1 fully saturated rings. The lowest BCUT2D eigenvalue weighted by molar-refractivity contribution is -0.383. The number of nitro groups is 2. The van der Waals surface area contributed by atoms with E-state index in [9.17, 15) is 122 Å². The number of aromatic nitrogens is 9. The Morgan fingerprint density at radius 1 is 0.503 bits per heavy atom. The number of esters is 1. The normalized spacial score (nSPS) is 13.4. The molecule has 2 N–H and O–H groups in total. The van der Waals surface area contributed by atoms with Crippen LogP contribution in [0.25, 0.3) is 38.5 Å². The molecule has 16 rings (SSSR count). The third kappa shape index (κ3) is 39.1. The third-order valence-electron chi connectivity index (χ3n) is 19.3. The lowest BCUT2D eigenvalue weighted by Gasteiger charge is -2.28. The van der Waals surface area contributed by atoms with Crippen LogP contribution in [0.4, 0.5) is 21.5 Å². The summed E-state index contributed by atoms with van der Waals surface area (Å²) < 4.78 is 279. The minimum absolute atomic E-state index is 0.00231. The van der Waals surface area contributed by atoms with Crippen molar-refractivity contribution in [3.05, 3.63) is 288 Å². The molecule has 1 saturated heterocycles. The fraction of sp³-hybridized carbons (Fsp3) is 0.195. The lowest BCUT2D eigenvalue weighted by atomic mass is 9.87. The zero-order valence-corrected chi connectivity index (χ0v) is 96.9. The highest BCUT2D eigenvalue weighted by Gasteiger charge is 2.33. The number of non-ortho nitro benzene ring substituents is 2. The van der Waals surface area contributed by atoms with Gasteiger partial charge < -0.3 is 28.9 Å². The summed E-state index contributed by atoms with van der Waals surface area (Å²) in [6, 6.07) is 45.6. The van der Waals surface area contributed by atoms with E-state index in [0.29, 0.717) is 52.4 Å². The molecule has 1 aliphatic heterocycles. The smallest absolute Gasteiger partial charge is 0.334 e. The van der Waals surface area contributed by atoms with Crippen molar-refractivity contribution in [3.63, 3.8) is 0 Å². The van der Waals surface area contributed by atoms with Gasteiger partial charge in [-0.15, -0.1) is 0 Å². The van der Waals surface area contributed by atoms with E-state index in [1.54, 1.807) is 77.2 Å². The van der Waals surface area contributed by atoms with E-state index < -0.39 is 127 Å². The molecule has 149 heavy (non-hydrogen) atoms. The molecular weight excluding hydrogens is 2510 g/mol. The van der Waals surface area contributed by atoms with Crippen LogP contribution in [0.2, 0.25) is 0 Å². The number of nitrogens with zero attached hydrogens (tertiary/aromatic N) is 10. The summed E-state index contributed by atoms with van der Waals surface area (Å²) in [5, 5.41) is 32.8. The number of methoxy groups -OCH3 is 1. The number of anilines is 1. The zero-order valence-electron chi connectivity index (χ0n) is 77.2. The van der Waals surface area contributed by atoms with Crippen molar-refractivity contribution in [2.24, 2.45) is 13.0 Å². The van der Waals surface area contributed by atoms with Crippen molar-refractivity contribution >= 4 is 301 Å². The number of para-hydroxylation sites is 2. The van der Waals surface area contributed by atoms with Gasteiger partial charge in [0, 0.05) is 189 Å². The second kappa shape index (κ2) is 53.6. The van der Waals surface area contributed by atoms with Crippen LogP contribution in [0.5, 0.6) is 0 Å². The van der Waals surface area contributed by atoms with Crippen LogP contribution in [-0.4, -0.2) is 185 Å². The van der Waals surface area contributed by atoms with Crippen LogP contribution in [0.15, 0.2) is 287 Å². The number of hydrogen-bond donors (Lipinski definition) is 2. The Labute approximate surface area is 915 Å². The first-order valence-electron chi connectivity index (χ1n) is 40.1. The number of halogens is 13. The lowest BCUT2D eigenvalue weighted by Crippen LogP contribution is -2.36. The van der Waals surface area contributed by atoms with Gasteiger partial charge in [-0.3, -0.25) is 24.9 Å². The fourth-order valence-electron chi connectivity index (χ4n) is 12.2. The van der Waals surface area contributed by atoms with Gasteiger partial charge >= 0.3 is 5.97 Å². The van der Waals surface area contributed by atoms with E-state index >= 15 is 0 Å². The number of H-pyrrole nitrogens is 2. The zero-order chi connectivity index (χ0) is 113. The van der Waals surface area contributed by atoms with Crippen LogP contribution in [0.3, 0.4) is 0 Å². The number of hydrogen-bond acceptors (Lipinski definition) is 37. The Morgan fingerprint density at radius 2 is 0.960 bits per heavy atom. The number of aryl methyl sites for hydroxylation is 3. The highest BCUT2D eigenvalue weighted by Crippen LogP contribution is 2.37. The summed E-state index contributed by atoms with van der Waals surface area (Å²) >= 11 is 4.21. The molecule has 0 radical (unpaired) electrons. The third-order valence-corrected chi connectivity index (χ3v) is 35.9. The summed E-state index contributed by atoms with van der Waals surface area (Å²) in [4.78, 5) is 38.6. The molecular formula is C82H77BrCl11FN12O30S12. The van der Waals surface area contributed by atoms with E-state index in [1.165, 1.54) is 127 Å². The van der Waals surface area contributed by atoms with Gasteiger partial charge in [-0.1, -0.05) is 103 Å². The number of morpholine rings is 1. The molecule has 2 aliphatic rings. The summed E-state index contributed by atoms with van der Waals surface area (Å²) in [6.07, 6.45) is 7.33. The Hall–Kier alpha value is -9.15. The van der Waals surface area contributed by atoms with Gasteiger partial charge in [0.05, 0.1) is 117 Å². The molecule has 0 saturated carbocycles. The highest BCUT2D eigenvalue weighted by atomic mass is 79.9. The molecule has 6 aromatic heterocycles. The number of carbonyl (C=O) groups is 1. The molecule has 1 aliphatic carbocycles. The number of ether oxygens (including phenoxy) is 2. The first-order valence-corrected chi connectivity index (χ1v) is 67.0. The molecule has 14 aromatic rings. The van der Waals surface area contributed by atoms with Crippen LogP contribution in [-0.2, 0) is 126 Å². The van der Waals surface area contributed by atoms with Gasteiger partial charge in [0.15, 0.2) is 5.76 Å². The average molecular weight is 2580 g/mol. The maximum absolute atomic E-state index is 12.2. The Kier molecular flexibility index (Phi) is 46.2. The summed E-state index contributed by atoms with van der Waals surface area (Å²) in [7, 11) is 18.6. The Balaban J connectivity index is 0.000000251. The number of rotatable bonds is 16. The Bertz CT molecular complexity index is 8610. The van der Waals surface area contributed by atoms with E-state index in [0.717, 1.165) is 89.1 Å². The quantitative estimate of drug-likeness (QED) is 0.0392. The fourth-order valence-corrected chi connectivity index (χ4v) is 23.8. The van der Waals surface area contributed by atoms with Gasteiger partial charge in [-0.05, 0) is 166 Å².